The van der Waals surface area contributed by atoms with Crippen molar-refractivity contribution in [1.82, 2.24) is 9.88 Å². The van der Waals surface area contributed by atoms with Gasteiger partial charge in [-0.3, -0.25) is 4.79 Å². The predicted octanol–water partition coefficient (Wildman–Crippen LogP) is 0.742. The minimum atomic E-state index is -0.130. The number of amides is 1. The fourth-order valence-electron chi connectivity index (χ4n) is 1.18. The second-order valence-electron chi connectivity index (χ2n) is 3.10. The molecular weight excluding hydrogens is 228 g/mol. The average molecular weight is 242 g/mol. The van der Waals surface area contributed by atoms with Crippen LogP contribution in [0.5, 0.6) is 0 Å². The molecule has 0 aromatic carbocycles. The third-order valence-corrected chi connectivity index (χ3v) is 2.67. The largest absolute Gasteiger partial charge is 0.409 e. The van der Waals surface area contributed by atoms with Crippen molar-refractivity contribution < 1.29 is 10.0 Å². The van der Waals surface area contributed by atoms with E-state index in [1.54, 1.807) is 15.8 Å². The van der Waals surface area contributed by atoms with Crippen LogP contribution in [0.1, 0.15) is 23.8 Å². The van der Waals surface area contributed by atoms with Crippen LogP contribution in [0.25, 0.3) is 0 Å². The molecule has 7 heteroatoms. The molecule has 0 aliphatic rings. The lowest BCUT2D eigenvalue weighted by Gasteiger charge is -2.19. The summed E-state index contributed by atoms with van der Waals surface area (Å²) in [6, 6.07) is 0. The number of hydrogen-bond acceptors (Lipinski definition) is 5. The van der Waals surface area contributed by atoms with E-state index in [0.717, 1.165) is 0 Å². The molecule has 88 valence electrons. The van der Waals surface area contributed by atoms with Crippen molar-refractivity contribution in [2.24, 2.45) is 10.9 Å². The van der Waals surface area contributed by atoms with Crippen LogP contribution >= 0.6 is 11.3 Å². The SMILES string of the molecule is CCN(CCC(N)=NO)C(=O)c1cscn1. The summed E-state index contributed by atoms with van der Waals surface area (Å²) in [5, 5.41) is 13.0. The van der Waals surface area contributed by atoms with Gasteiger partial charge in [-0.1, -0.05) is 5.16 Å². The first-order chi connectivity index (χ1) is 7.69. The van der Waals surface area contributed by atoms with Gasteiger partial charge < -0.3 is 15.8 Å². The summed E-state index contributed by atoms with van der Waals surface area (Å²) in [4.78, 5) is 17.4. The second-order valence-corrected chi connectivity index (χ2v) is 3.82. The highest BCUT2D eigenvalue weighted by atomic mass is 32.1. The van der Waals surface area contributed by atoms with Gasteiger partial charge in [0.25, 0.3) is 5.91 Å². The van der Waals surface area contributed by atoms with Crippen LogP contribution in [0, 0.1) is 0 Å². The van der Waals surface area contributed by atoms with Crippen molar-refractivity contribution in [3.05, 3.63) is 16.6 Å². The first kappa shape index (κ1) is 12.4. The standard InChI is InChI=1S/C9H14N4O2S/c1-2-13(4-3-8(10)12-15)9(14)7-5-16-6-11-7/h5-6,15H,2-4H2,1H3,(H2,10,12). The van der Waals surface area contributed by atoms with Crippen LogP contribution < -0.4 is 5.73 Å². The third-order valence-electron chi connectivity index (χ3n) is 2.09. The van der Waals surface area contributed by atoms with Crippen molar-refractivity contribution in [3.63, 3.8) is 0 Å². The number of aromatic nitrogens is 1. The first-order valence-electron chi connectivity index (χ1n) is 4.83. The highest BCUT2D eigenvalue weighted by Gasteiger charge is 2.15. The minimum absolute atomic E-state index is 0.115. The molecule has 16 heavy (non-hydrogen) atoms. The highest BCUT2D eigenvalue weighted by molar-refractivity contribution is 7.07. The van der Waals surface area contributed by atoms with Crippen LogP contribution in [0.2, 0.25) is 0 Å². The molecule has 0 saturated heterocycles. The molecule has 1 heterocycles. The Hall–Kier alpha value is -1.63. The minimum Gasteiger partial charge on any atom is -0.409 e. The zero-order chi connectivity index (χ0) is 12.0. The zero-order valence-corrected chi connectivity index (χ0v) is 9.78. The smallest absolute Gasteiger partial charge is 0.273 e. The number of rotatable bonds is 5. The number of amidine groups is 1. The van der Waals surface area contributed by atoms with Gasteiger partial charge in [-0.25, -0.2) is 4.98 Å². The van der Waals surface area contributed by atoms with Gasteiger partial charge in [0.1, 0.15) is 11.5 Å². The van der Waals surface area contributed by atoms with E-state index >= 15 is 0 Å². The van der Waals surface area contributed by atoms with Crippen LogP contribution in [0.4, 0.5) is 0 Å². The number of hydrogen-bond donors (Lipinski definition) is 2. The fourth-order valence-corrected chi connectivity index (χ4v) is 1.71. The lowest BCUT2D eigenvalue weighted by molar-refractivity contribution is 0.0763. The van der Waals surface area contributed by atoms with Gasteiger partial charge in [0.2, 0.25) is 0 Å². The van der Waals surface area contributed by atoms with Crippen LogP contribution in [-0.4, -0.2) is 39.9 Å². The third kappa shape index (κ3) is 3.20. The lowest BCUT2D eigenvalue weighted by atomic mass is 10.3. The van der Waals surface area contributed by atoms with E-state index in [2.05, 4.69) is 10.1 Å². The molecule has 0 atom stereocenters. The monoisotopic (exact) mass is 242 g/mol. The Morgan fingerprint density at radius 3 is 3.00 bits per heavy atom. The van der Waals surface area contributed by atoms with E-state index in [0.29, 0.717) is 25.2 Å². The van der Waals surface area contributed by atoms with E-state index in [9.17, 15) is 4.79 Å². The fraction of sp³-hybridized carbons (Fsp3) is 0.444. The number of oxime groups is 1. The molecule has 1 amide bonds. The van der Waals surface area contributed by atoms with Gasteiger partial charge >= 0.3 is 0 Å². The Kier molecular flexibility index (Phi) is 4.71. The Bertz CT molecular complexity index is 364. The Morgan fingerprint density at radius 2 is 2.50 bits per heavy atom. The predicted molar refractivity (Wildman–Crippen MR) is 61.7 cm³/mol. The maximum atomic E-state index is 11.9. The summed E-state index contributed by atoms with van der Waals surface area (Å²) in [5.74, 6) is -0.0148. The van der Waals surface area contributed by atoms with Gasteiger partial charge in [0.15, 0.2) is 0 Å². The van der Waals surface area contributed by atoms with Crippen LogP contribution in [0.3, 0.4) is 0 Å². The maximum Gasteiger partial charge on any atom is 0.273 e. The molecule has 0 aliphatic carbocycles. The summed E-state index contributed by atoms with van der Waals surface area (Å²) in [6.07, 6.45) is 0.347. The summed E-state index contributed by atoms with van der Waals surface area (Å²) < 4.78 is 0. The summed E-state index contributed by atoms with van der Waals surface area (Å²) in [6.45, 7) is 2.86. The Labute approximate surface area is 97.4 Å². The Morgan fingerprint density at radius 1 is 1.75 bits per heavy atom. The van der Waals surface area contributed by atoms with E-state index in [4.69, 9.17) is 10.9 Å². The molecule has 0 fully saturated rings. The normalized spacial score (nSPS) is 11.4. The van der Waals surface area contributed by atoms with Crippen molar-refractivity contribution >= 4 is 23.1 Å². The second kappa shape index (κ2) is 6.06. The quantitative estimate of drug-likeness (QED) is 0.345. The van der Waals surface area contributed by atoms with E-state index in [1.807, 2.05) is 6.92 Å². The molecule has 0 spiro atoms. The molecule has 0 bridgehead atoms. The number of carbonyl (C=O) groups excluding carboxylic acids is 1. The number of nitrogens with two attached hydrogens (primary N) is 1. The molecule has 1 aromatic heterocycles. The summed E-state index contributed by atoms with van der Waals surface area (Å²) >= 11 is 1.38. The number of thiazole rings is 1. The molecule has 3 N–H and O–H groups in total. The van der Waals surface area contributed by atoms with Crippen LogP contribution in [-0.2, 0) is 0 Å². The lowest BCUT2D eigenvalue weighted by Crippen LogP contribution is -2.34. The maximum absolute atomic E-state index is 11.9. The molecular formula is C9H14N4O2S. The number of carbonyl (C=O) groups is 1. The van der Waals surface area contributed by atoms with Gasteiger partial charge in [0, 0.05) is 24.9 Å². The molecule has 1 aromatic rings. The summed E-state index contributed by atoms with van der Waals surface area (Å²) in [5.41, 5.74) is 7.40. The van der Waals surface area contributed by atoms with Crippen LogP contribution in [0.15, 0.2) is 16.0 Å². The molecule has 1 rings (SSSR count). The van der Waals surface area contributed by atoms with Gasteiger partial charge in [-0.15, -0.1) is 11.3 Å². The summed E-state index contributed by atoms with van der Waals surface area (Å²) in [7, 11) is 0. The van der Waals surface area contributed by atoms with E-state index < -0.39 is 0 Å². The molecule has 0 radical (unpaired) electrons. The average Bonchev–Trinajstić information content (AvgIpc) is 2.82. The molecule has 6 nitrogen and oxygen atoms in total. The zero-order valence-electron chi connectivity index (χ0n) is 8.96. The van der Waals surface area contributed by atoms with Crippen molar-refractivity contribution in [3.8, 4) is 0 Å². The van der Waals surface area contributed by atoms with Crippen molar-refractivity contribution in [1.29, 1.82) is 0 Å². The van der Waals surface area contributed by atoms with Gasteiger partial charge in [-0.05, 0) is 6.92 Å². The molecule has 0 saturated carbocycles. The van der Waals surface area contributed by atoms with E-state index in [1.165, 1.54) is 11.3 Å². The molecule has 0 unspecified atom stereocenters. The van der Waals surface area contributed by atoms with Gasteiger partial charge in [0.05, 0.1) is 5.51 Å². The van der Waals surface area contributed by atoms with Crippen molar-refractivity contribution in [2.75, 3.05) is 13.1 Å². The van der Waals surface area contributed by atoms with Gasteiger partial charge in [-0.2, -0.15) is 0 Å². The Balaban J connectivity index is 2.58. The molecule has 0 aliphatic heterocycles. The van der Waals surface area contributed by atoms with E-state index in [-0.39, 0.29) is 11.7 Å². The highest BCUT2D eigenvalue weighted by Crippen LogP contribution is 2.06. The number of nitrogens with zero attached hydrogens (tertiary/aromatic N) is 3. The van der Waals surface area contributed by atoms with Crippen molar-refractivity contribution in [2.45, 2.75) is 13.3 Å². The topological polar surface area (TPSA) is 91.8 Å². The first-order valence-corrected chi connectivity index (χ1v) is 5.77.